The average Bonchev–Trinajstić information content (AvgIpc) is 3.99. The van der Waals surface area contributed by atoms with E-state index in [1.807, 2.05) is 53.2 Å². The summed E-state index contributed by atoms with van der Waals surface area (Å²) in [5.41, 5.74) is 7.27. The highest BCUT2D eigenvalue weighted by Gasteiger charge is 2.63. The van der Waals surface area contributed by atoms with Crippen molar-refractivity contribution < 1.29 is 28.7 Å². The molecule has 4 aliphatic rings. The van der Waals surface area contributed by atoms with E-state index >= 15 is 0 Å². The van der Waals surface area contributed by atoms with Crippen molar-refractivity contribution >= 4 is 43.2 Å². The summed E-state index contributed by atoms with van der Waals surface area (Å²) in [5, 5.41) is 11.9. The number of imide groups is 1. The number of ether oxygens (including phenoxy) is 1. The number of likely N-dealkylation sites (tertiary alicyclic amines) is 1. The standard InChI is InChI=1S/C49H66N6O6Si/c1-30(2)55-47-36-15-10-9-14-34(36)28-54(41-18-12-11-16-40(41)46(47)51-52-55)43(58)21-24-50-42(57)23-26-61-29-35(56)22-25-53-48(59)44-38-19-20-39(45(44)49(53)60)37(38)17-13-27-62(31(3)4,32(5)6)33(7)8/h9-12,14-16,18-20,30-33,37-39,44-45H,13,17,21-29H2,1-8H3,(H,50,57). The molecule has 4 unspecified atom stereocenters. The number of ketones is 1. The minimum Gasteiger partial charge on any atom is -0.373 e. The number of para-hydroxylation sites is 1. The van der Waals surface area contributed by atoms with Gasteiger partial charge in [0.25, 0.3) is 0 Å². The van der Waals surface area contributed by atoms with Crippen molar-refractivity contribution in [1.82, 2.24) is 25.2 Å². The van der Waals surface area contributed by atoms with E-state index in [0.717, 1.165) is 40.9 Å². The Morgan fingerprint density at radius 3 is 2.10 bits per heavy atom. The van der Waals surface area contributed by atoms with Crippen LogP contribution in [0, 0.1) is 29.6 Å². The highest BCUT2D eigenvalue weighted by Crippen LogP contribution is 2.58. The van der Waals surface area contributed by atoms with Gasteiger partial charge in [-0.05, 0) is 49.7 Å². The van der Waals surface area contributed by atoms with Crippen LogP contribution in [0.15, 0.2) is 60.7 Å². The van der Waals surface area contributed by atoms with Crippen molar-refractivity contribution in [3.63, 3.8) is 0 Å². The number of amides is 4. The Balaban J connectivity index is 0.838. The van der Waals surface area contributed by atoms with Crippen molar-refractivity contribution in [2.75, 3.05) is 31.2 Å². The van der Waals surface area contributed by atoms with Gasteiger partial charge in [0.2, 0.25) is 23.6 Å². The number of fused-ring (bicyclic) bond motifs is 10. The first-order valence-corrected chi connectivity index (χ1v) is 25.4. The van der Waals surface area contributed by atoms with Crippen molar-refractivity contribution in [2.24, 2.45) is 29.6 Å². The molecule has 0 radical (unpaired) electrons. The molecule has 3 heterocycles. The second-order valence-electron chi connectivity index (χ2n) is 19.2. The molecule has 2 aliphatic carbocycles. The molecular formula is C49H66N6O6Si. The van der Waals surface area contributed by atoms with Gasteiger partial charge >= 0.3 is 0 Å². The summed E-state index contributed by atoms with van der Waals surface area (Å²) < 4.78 is 7.47. The Morgan fingerprint density at radius 2 is 1.45 bits per heavy atom. The number of nitrogens with one attached hydrogen (secondary N) is 1. The molecule has 332 valence electrons. The first-order valence-electron chi connectivity index (χ1n) is 23.0. The fraction of sp³-hybridized carbons (Fsp3) is 0.571. The molecule has 2 bridgehead atoms. The van der Waals surface area contributed by atoms with Crippen LogP contribution >= 0.6 is 0 Å². The zero-order chi connectivity index (χ0) is 44.5. The maximum atomic E-state index is 13.8. The molecule has 12 nitrogen and oxygen atoms in total. The molecule has 1 aromatic heterocycles. The zero-order valence-corrected chi connectivity index (χ0v) is 38.9. The number of aromatic nitrogens is 3. The topological polar surface area (TPSA) is 144 Å². The number of hydrogen-bond acceptors (Lipinski definition) is 8. The number of nitrogens with zero attached hydrogens (tertiary/aromatic N) is 5. The Morgan fingerprint density at radius 1 is 0.823 bits per heavy atom. The number of carbonyl (C=O) groups is 5. The fourth-order valence-electron chi connectivity index (χ4n) is 11.8. The summed E-state index contributed by atoms with van der Waals surface area (Å²) in [6.45, 7) is 18.9. The lowest BCUT2D eigenvalue weighted by molar-refractivity contribution is -0.141. The van der Waals surface area contributed by atoms with Crippen LogP contribution in [-0.2, 0) is 35.3 Å². The van der Waals surface area contributed by atoms with E-state index in [-0.39, 0.29) is 105 Å². The number of carbonyl (C=O) groups excluding carboxylic acids is 5. The van der Waals surface area contributed by atoms with Gasteiger partial charge in [0, 0.05) is 49.5 Å². The largest absolute Gasteiger partial charge is 0.373 e. The number of allylic oxidation sites excluding steroid dienone is 2. The molecule has 62 heavy (non-hydrogen) atoms. The van der Waals surface area contributed by atoms with Gasteiger partial charge in [0.1, 0.15) is 12.3 Å². The second kappa shape index (κ2) is 18.9. The van der Waals surface area contributed by atoms with Gasteiger partial charge in [0.15, 0.2) is 5.78 Å². The van der Waals surface area contributed by atoms with Gasteiger partial charge in [-0.2, -0.15) is 0 Å². The Bertz CT molecular complexity index is 2140. The van der Waals surface area contributed by atoms with Gasteiger partial charge in [-0.15, -0.1) is 5.10 Å². The third-order valence-corrected chi connectivity index (χ3v) is 22.5. The number of Topliss-reactive ketones (excluding diaryl/α,β-unsaturated/α-hetero) is 1. The minimum absolute atomic E-state index is 0.0191. The van der Waals surface area contributed by atoms with Gasteiger partial charge in [-0.3, -0.25) is 28.9 Å². The molecule has 13 heteroatoms. The first kappa shape index (κ1) is 45.3. The van der Waals surface area contributed by atoms with Crippen LogP contribution in [0.1, 0.15) is 99.1 Å². The summed E-state index contributed by atoms with van der Waals surface area (Å²) in [6.07, 6.45) is 6.69. The highest BCUT2D eigenvalue weighted by molar-refractivity contribution is 6.83. The Kier molecular flexibility index (Phi) is 13.8. The van der Waals surface area contributed by atoms with Crippen LogP contribution in [0.3, 0.4) is 0 Å². The minimum atomic E-state index is -1.51. The van der Waals surface area contributed by atoms with Crippen molar-refractivity contribution in [2.45, 2.75) is 123 Å². The number of hydrogen-bond donors (Lipinski definition) is 1. The van der Waals surface area contributed by atoms with E-state index in [9.17, 15) is 24.0 Å². The maximum Gasteiger partial charge on any atom is 0.233 e. The van der Waals surface area contributed by atoms with Crippen LogP contribution in [-0.4, -0.2) is 83.7 Å². The number of benzene rings is 2. The number of anilines is 1. The first-order chi connectivity index (χ1) is 29.7. The molecule has 2 aliphatic heterocycles. The molecule has 0 spiro atoms. The lowest BCUT2D eigenvalue weighted by Crippen LogP contribution is -2.44. The molecule has 1 saturated heterocycles. The SMILES string of the molecule is CC(C)n1nnc2c1-c1ccccc1CN(C(=O)CCNC(=O)CCOCC(=O)CCN1C(=O)C3C4C=CC(C4CCC[Si](C(C)C)(C(C)C)C(C)C)C3C1=O)c1ccccc1-2. The second-order valence-corrected chi connectivity index (χ2v) is 25.4. The maximum absolute atomic E-state index is 13.8. The van der Waals surface area contributed by atoms with E-state index in [1.165, 1.54) is 10.9 Å². The average molecular weight is 863 g/mol. The van der Waals surface area contributed by atoms with Gasteiger partial charge in [0.05, 0.1) is 44.4 Å². The smallest absolute Gasteiger partial charge is 0.233 e. The fourth-order valence-corrected chi connectivity index (χ4v) is 18.4. The molecule has 3 aromatic rings. The summed E-state index contributed by atoms with van der Waals surface area (Å²) >= 11 is 0. The van der Waals surface area contributed by atoms with E-state index in [1.54, 1.807) is 4.90 Å². The van der Waals surface area contributed by atoms with Crippen LogP contribution in [0.25, 0.3) is 22.5 Å². The van der Waals surface area contributed by atoms with Gasteiger partial charge in [-0.1, -0.05) is 130 Å². The Labute approximate surface area is 368 Å². The third kappa shape index (κ3) is 8.51. The predicted molar refractivity (Wildman–Crippen MR) is 244 cm³/mol. The van der Waals surface area contributed by atoms with Gasteiger partial charge in [-0.25, -0.2) is 4.68 Å². The van der Waals surface area contributed by atoms with Crippen LogP contribution in [0.5, 0.6) is 0 Å². The normalized spacial score (nSPS) is 21.5. The summed E-state index contributed by atoms with van der Waals surface area (Å²) in [4.78, 5) is 69.8. The number of rotatable bonds is 19. The zero-order valence-electron chi connectivity index (χ0n) is 37.9. The molecule has 7 rings (SSSR count). The lowest BCUT2D eigenvalue weighted by atomic mass is 9.85. The molecule has 1 saturated carbocycles. The van der Waals surface area contributed by atoms with Crippen molar-refractivity contribution in [3.05, 3.63) is 66.2 Å². The summed E-state index contributed by atoms with van der Waals surface area (Å²) in [6, 6.07) is 17.1. The third-order valence-electron chi connectivity index (χ3n) is 14.8. The molecule has 1 N–H and O–H groups in total. The van der Waals surface area contributed by atoms with E-state index in [4.69, 9.17) is 4.74 Å². The Hall–Kier alpha value is -4.75. The van der Waals surface area contributed by atoms with E-state index < -0.39 is 8.07 Å². The van der Waals surface area contributed by atoms with E-state index in [2.05, 4.69) is 83.2 Å². The van der Waals surface area contributed by atoms with Crippen molar-refractivity contribution in [3.8, 4) is 22.5 Å². The molecule has 4 amide bonds. The van der Waals surface area contributed by atoms with E-state index in [0.29, 0.717) is 34.8 Å². The molecule has 4 atom stereocenters. The van der Waals surface area contributed by atoms with Crippen LogP contribution in [0.4, 0.5) is 5.69 Å². The summed E-state index contributed by atoms with van der Waals surface area (Å²) in [5.74, 6) is -1.02. The van der Waals surface area contributed by atoms with Crippen molar-refractivity contribution in [1.29, 1.82) is 0 Å². The van der Waals surface area contributed by atoms with Crippen LogP contribution < -0.4 is 10.2 Å². The highest BCUT2D eigenvalue weighted by atomic mass is 28.3. The summed E-state index contributed by atoms with van der Waals surface area (Å²) in [7, 11) is -1.51. The monoisotopic (exact) mass is 862 g/mol. The predicted octanol–water partition coefficient (Wildman–Crippen LogP) is 8.40. The van der Waals surface area contributed by atoms with Gasteiger partial charge < -0.3 is 15.0 Å². The quantitative estimate of drug-likeness (QED) is 0.0548. The molecule has 2 fully saturated rings. The molecule has 2 aromatic carbocycles. The lowest BCUT2D eigenvalue weighted by Gasteiger charge is -2.43. The van der Waals surface area contributed by atoms with Crippen LogP contribution in [0.2, 0.25) is 22.7 Å². The molecular weight excluding hydrogens is 797 g/mol.